The van der Waals surface area contributed by atoms with Crippen LogP contribution in [0.3, 0.4) is 0 Å². The summed E-state index contributed by atoms with van der Waals surface area (Å²) in [5.74, 6) is 0. The molecule has 0 bridgehead atoms. The van der Waals surface area contributed by atoms with E-state index in [1.807, 2.05) is 30.3 Å². The van der Waals surface area contributed by atoms with Gasteiger partial charge in [0, 0.05) is 6.42 Å². The summed E-state index contributed by atoms with van der Waals surface area (Å²) in [4.78, 5) is 0. The minimum atomic E-state index is -0.808. The highest BCUT2D eigenvalue weighted by Gasteiger charge is 2.02. The summed E-state index contributed by atoms with van der Waals surface area (Å²) in [6.07, 6.45) is -0.387. The zero-order valence-corrected chi connectivity index (χ0v) is 7.26. The van der Waals surface area contributed by atoms with Crippen LogP contribution in [-0.2, 0) is 0 Å². The maximum atomic E-state index is 12.6. The van der Waals surface area contributed by atoms with Crippen LogP contribution in [0, 0.1) is 0 Å². The summed E-state index contributed by atoms with van der Waals surface area (Å²) in [5.41, 5.74) is 1.90. The Morgan fingerprint density at radius 2 is 2.00 bits per heavy atom. The summed E-state index contributed by atoms with van der Waals surface area (Å²) in [6, 6.07) is 9.71. The molecule has 0 unspecified atom stereocenters. The Labute approximate surface area is 72.7 Å². The third-order valence-corrected chi connectivity index (χ3v) is 1.71. The van der Waals surface area contributed by atoms with E-state index in [2.05, 4.69) is 6.58 Å². The van der Waals surface area contributed by atoms with E-state index < -0.39 is 6.17 Å². The molecule has 0 aliphatic heterocycles. The number of allylic oxidation sites excluding steroid dienone is 1. The molecule has 0 amide bonds. The lowest BCUT2D eigenvalue weighted by molar-refractivity contribution is 0.369. The fraction of sp³-hybridized carbons (Fsp3) is 0.273. The first kappa shape index (κ1) is 8.98. The molecule has 0 aliphatic rings. The SMILES string of the molecule is C=C(C[C@H](C)F)c1ccccc1. The molecule has 1 aromatic carbocycles. The Bertz CT molecular complexity index is 249. The molecule has 0 nitrogen and oxygen atoms in total. The van der Waals surface area contributed by atoms with E-state index in [0.717, 1.165) is 11.1 Å². The summed E-state index contributed by atoms with van der Waals surface area (Å²) in [7, 11) is 0. The summed E-state index contributed by atoms with van der Waals surface area (Å²) in [6.45, 7) is 5.37. The maximum Gasteiger partial charge on any atom is 0.101 e. The van der Waals surface area contributed by atoms with Gasteiger partial charge in [-0.1, -0.05) is 36.9 Å². The number of alkyl halides is 1. The molecule has 0 heterocycles. The van der Waals surface area contributed by atoms with Crippen LogP contribution < -0.4 is 0 Å². The van der Waals surface area contributed by atoms with Crippen molar-refractivity contribution in [3.8, 4) is 0 Å². The van der Waals surface area contributed by atoms with Gasteiger partial charge in [0.25, 0.3) is 0 Å². The van der Waals surface area contributed by atoms with Crippen LogP contribution in [-0.4, -0.2) is 6.17 Å². The van der Waals surface area contributed by atoms with E-state index in [0.29, 0.717) is 6.42 Å². The van der Waals surface area contributed by atoms with Crippen LogP contribution in [0.4, 0.5) is 4.39 Å². The number of halogens is 1. The fourth-order valence-corrected chi connectivity index (χ4v) is 1.13. The van der Waals surface area contributed by atoms with Crippen molar-refractivity contribution in [3.63, 3.8) is 0 Å². The molecule has 1 rings (SSSR count). The van der Waals surface area contributed by atoms with Gasteiger partial charge in [-0.2, -0.15) is 0 Å². The van der Waals surface area contributed by atoms with Crippen LogP contribution in [0.1, 0.15) is 18.9 Å². The van der Waals surface area contributed by atoms with Crippen molar-refractivity contribution < 1.29 is 4.39 Å². The van der Waals surface area contributed by atoms with Crippen molar-refractivity contribution in [1.29, 1.82) is 0 Å². The standard InChI is InChI=1S/C11H13F/c1-9(8-10(2)12)11-6-4-3-5-7-11/h3-7,10H,1,8H2,2H3/t10-/m0/s1. The van der Waals surface area contributed by atoms with Crippen molar-refractivity contribution in [2.75, 3.05) is 0 Å². The Hall–Kier alpha value is -1.11. The first-order valence-electron chi connectivity index (χ1n) is 4.07. The third kappa shape index (κ3) is 2.50. The molecular weight excluding hydrogens is 151 g/mol. The van der Waals surface area contributed by atoms with Crippen molar-refractivity contribution >= 4 is 5.57 Å². The average Bonchev–Trinajstić information content (AvgIpc) is 2.05. The smallest absolute Gasteiger partial charge is 0.101 e. The van der Waals surface area contributed by atoms with E-state index in [4.69, 9.17) is 0 Å². The quantitative estimate of drug-likeness (QED) is 0.641. The van der Waals surface area contributed by atoms with Crippen molar-refractivity contribution in [3.05, 3.63) is 42.5 Å². The predicted molar refractivity (Wildman–Crippen MR) is 50.7 cm³/mol. The zero-order valence-electron chi connectivity index (χ0n) is 7.26. The van der Waals surface area contributed by atoms with Crippen LogP contribution in [0.15, 0.2) is 36.9 Å². The van der Waals surface area contributed by atoms with Gasteiger partial charge >= 0.3 is 0 Å². The Kier molecular flexibility index (Phi) is 3.03. The van der Waals surface area contributed by atoms with Gasteiger partial charge in [-0.05, 0) is 18.1 Å². The van der Waals surface area contributed by atoms with Crippen molar-refractivity contribution in [2.24, 2.45) is 0 Å². The molecule has 1 atom stereocenters. The highest BCUT2D eigenvalue weighted by Crippen LogP contribution is 2.18. The van der Waals surface area contributed by atoms with Crippen molar-refractivity contribution in [2.45, 2.75) is 19.5 Å². The van der Waals surface area contributed by atoms with E-state index in [1.165, 1.54) is 0 Å². The van der Waals surface area contributed by atoms with Crippen molar-refractivity contribution in [1.82, 2.24) is 0 Å². The molecule has 0 N–H and O–H groups in total. The molecule has 0 aliphatic carbocycles. The molecule has 12 heavy (non-hydrogen) atoms. The average molecular weight is 164 g/mol. The lowest BCUT2D eigenvalue weighted by Crippen LogP contribution is -1.93. The van der Waals surface area contributed by atoms with E-state index in [9.17, 15) is 4.39 Å². The second kappa shape index (κ2) is 4.05. The normalized spacial score (nSPS) is 12.5. The molecule has 0 saturated carbocycles. The molecule has 64 valence electrons. The Morgan fingerprint density at radius 3 is 2.50 bits per heavy atom. The third-order valence-electron chi connectivity index (χ3n) is 1.71. The van der Waals surface area contributed by atoms with Crippen LogP contribution in [0.5, 0.6) is 0 Å². The summed E-state index contributed by atoms with van der Waals surface area (Å²) in [5, 5.41) is 0. The molecular formula is C11H13F. The van der Waals surface area contributed by atoms with E-state index in [-0.39, 0.29) is 0 Å². The lowest BCUT2D eigenvalue weighted by atomic mass is 10.0. The minimum absolute atomic E-state index is 0.421. The number of rotatable bonds is 3. The van der Waals surface area contributed by atoms with E-state index in [1.54, 1.807) is 6.92 Å². The predicted octanol–water partition coefficient (Wildman–Crippen LogP) is 3.45. The molecule has 0 saturated heterocycles. The van der Waals surface area contributed by atoms with Crippen LogP contribution in [0.25, 0.3) is 5.57 Å². The highest BCUT2D eigenvalue weighted by atomic mass is 19.1. The Balaban J connectivity index is 2.66. The van der Waals surface area contributed by atoms with Gasteiger partial charge in [0.1, 0.15) is 6.17 Å². The second-order valence-corrected chi connectivity index (χ2v) is 2.95. The second-order valence-electron chi connectivity index (χ2n) is 2.95. The highest BCUT2D eigenvalue weighted by molar-refractivity contribution is 5.63. The first-order chi connectivity index (χ1) is 5.70. The summed E-state index contributed by atoms with van der Waals surface area (Å²) >= 11 is 0. The molecule has 0 fully saturated rings. The number of hydrogen-bond donors (Lipinski definition) is 0. The Morgan fingerprint density at radius 1 is 1.42 bits per heavy atom. The maximum absolute atomic E-state index is 12.6. The number of hydrogen-bond acceptors (Lipinski definition) is 0. The van der Waals surface area contributed by atoms with Gasteiger partial charge in [0.15, 0.2) is 0 Å². The van der Waals surface area contributed by atoms with Crippen LogP contribution >= 0.6 is 0 Å². The zero-order chi connectivity index (χ0) is 8.97. The van der Waals surface area contributed by atoms with Gasteiger partial charge in [0.05, 0.1) is 0 Å². The van der Waals surface area contributed by atoms with Gasteiger partial charge in [-0.25, -0.2) is 4.39 Å². The molecule has 0 spiro atoms. The molecule has 0 aromatic heterocycles. The van der Waals surface area contributed by atoms with Gasteiger partial charge < -0.3 is 0 Å². The summed E-state index contributed by atoms with van der Waals surface area (Å²) < 4.78 is 12.6. The van der Waals surface area contributed by atoms with Gasteiger partial charge in [-0.15, -0.1) is 0 Å². The first-order valence-corrected chi connectivity index (χ1v) is 4.07. The minimum Gasteiger partial charge on any atom is -0.247 e. The molecule has 1 heteroatoms. The van der Waals surface area contributed by atoms with Gasteiger partial charge in [0.2, 0.25) is 0 Å². The molecule has 0 radical (unpaired) electrons. The van der Waals surface area contributed by atoms with Gasteiger partial charge in [-0.3, -0.25) is 0 Å². The number of benzene rings is 1. The monoisotopic (exact) mass is 164 g/mol. The van der Waals surface area contributed by atoms with E-state index >= 15 is 0 Å². The fourth-order valence-electron chi connectivity index (χ4n) is 1.13. The lowest BCUT2D eigenvalue weighted by Gasteiger charge is -2.05. The topological polar surface area (TPSA) is 0 Å². The van der Waals surface area contributed by atoms with Crippen LogP contribution in [0.2, 0.25) is 0 Å². The molecule has 1 aromatic rings. The largest absolute Gasteiger partial charge is 0.247 e.